The van der Waals surface area contributed by atoms with Crippen LogP contribution in [0.1, 0.15) is 25.8 Å². The van der Waals surface area contributed by atoms with Gasteiger partial charge in [-0.05, 0) is 35.3 Å². The van der Waals surface area contributed by atoms with Gasteiger partial charge in [-0.15, -0.1) is 11.8 Å². The van der Waals surface area contributed by atoms with Crippen LogP contribution in [0.25, 0.3) is 16.3 Å². The maximum absolute atomic E-state index is 11.6. The summed E-state index contributed by atoms with van der Waals surface area (Å²) in [5.41, 5.74) is 2.25. The highest BCUT2D eigenvalue weighted by Gasteiger charge is 2.12. The molecular weight excluding hydrogens is 304 g/mol. The molecule has 0 N–H and O–H groups in total. The Labute approximate surface area is 142 Å². The van der Waals surface area contributed by atoms with Crippen LogP contribution in [-0.4, -0.2) is 18.3 Å². The van der Waals surface area contributed by atoms with E-state index >= 15 is 0 Å². The Morgan fingerprint density at radius 2 is 1.91 bits per heavy atom. The van der Waals surface area contributed by atoms with Crippen LogP contribution in [0, 0.1) is 0 Å². The minimum Gasteiger partial charge on any atom is -0.465 e. The number of rotatable bonds is 7. The summed E-state index contributed by atoms with van der Waals surface area (Å²) in [5, 5.41) is 2.41. The van der Waals surface area contributed by atoms with Gasteiger partial charge in [-0.3, -0.25) is 4.79 Å². The lowest BCUT2D eigenvalue weighted by Crippen LogP contribution is -2.06. The monoisotopic (exact) mass is 326 g/mol. The third-order valence-corrected chi connectivity index (χ3v) is 4.41. The van der Waals surface area contributed by atoms with Gasteiger partial charge in [0.25, 0.3) is 0 Å². The Hall–Kier alpha value is -2.00. The van der Waals surface area contributed by atoms with Crippen molar-refractivity contribution in [3.05, 3.63) is 65.6 Å². The first kappa shape index (κ1) is 17.4. The minimum atomic E-state index is -0.201. The van der Waals surface area contributed by atoms with Gasteiger partial charge in [0.1, 0.15) is 0 Å². The van der Waals surface area contributed by atoms with Gasteiger partial charge in [0.05, 0.1) is 12.4 Å². The summed E-state index contributed by atoms with van der Waals surface area (Å²) >= 11 is 1.44. The molecule has 3 heteroatoms. The highest BCUT2D eigenvalue weighted by molar-refractivity contribution is 8.04. The van der Waals surface area contributed by atoms with Crippen molar-refractivity contribution < 1.29 is 9.53 Å². The molecule has 2 aromatic rings. The number of fused-ring (bicyclic) bond motifs is 1. The van der Waals surface area contributed by atoms with Gasteiger partial charge < -0.3 is 4.74 Å². The second-order valence-electron chi connectivity index (χ2n) is 5.07. The summed E-state index contributed by atoms with van der Waals surface area (Å²) in [4.78, 5) is 12.5. The van der Waals surface area contributed by atoms with E-state index in [0.29, 0.717) is 12.4 Å². The molecule has 0 unspecified atom stereocenters. The topological polar surface area (TPSA) is 26.3 Å². The highest BCUT2D eigenvalue weighted by atomic mass is 32.2. The third-order valence-electron chi connectivity index (χ3n) is 3.46. The maximum Gasteiger partial charge on any atom is 0.316 e. The molecule has 23 heavy (non-hydrogen) atoms. The zero-order valence-electron chi connectivity index (χ0n) is 13.7. The van der Waals surface area contributed by atoms with Gasteiger partial charge in [-0.1, -0.05) is 62.0 Å². The zero-order valence-corrected chi connectivity index (χ0v) is 14.5. The summed E-state index contributed by atoms with van der Waals surface area (Å²) in [5.74, 6) is 0.0887. The molecule has 0 radical (unpaired) electrons. The van der Waals surface area contributed by atoms with Gasteiger partial charge in [0, 0.05) is 4.91 Å². The number of hydrogen-bond donors (Lipinski definition) is 0. The Morgan fingerprint density at radius 3 is 2.65 bits per heavy atom. The fourth-order valence-electron chi connectivity index (χ4n) is 2.46. The van der Waals surface area contributed by atoms with Crippen LogP contribution in [0.2, 0.25) is 0 Å². The molecule has 0 spiro atoms. The predicted octanol–water partition coefficient (Wildman–Crippen LogP) is 5.44. The predicted molar refractivity (Wildman–Crippen MR) is 100 cm³/mol. The molecule has 0 fully saturated rings. The van der Waals surface area contributed by atoms with Crippen molar-refractivity contribution in [3.8, 4) is 0 Å². The molecule has 0 amide bonds. The highest BCUT2D eigenvalue weighted by Crippen LogP contribution is 2.34. The van der Waals surface area contributed by atoms with Crippen molar-refractivity contribution in [1.29, 1.82) is 0 Å². The molecule has 0 saturated heterocycles. The largest absolute Gasteiger partial charge is 0.465 e. The first-order valence-electron chi connectivity index (χ1n) is 7.83. The van der Waals surface area contributed by atoms with Crippen LogP contribution in [0.5, 0.6) is 0 Å². The lowest BCUT2D eigenvalue weighted by atomic mass is 9.97. The van der Waals surface area contributed by atoms with Crippen molar-refractivity contribution in [2.45, 2.75) is 20.3 Å². The summed E-state index contributed by atoms with van der Waals surface area (Å²) in [6.45, 7) is 8.51. The number of esters is 1. The van der Waals surface area contributed by atoms with Gasteiger partial charge in [0.2, 0.25) is 0 Å². The van der Waals surface area contributed by atoms with E-state index in [0.717, 1.165) is 22.5 Å². The first-order chi connectivity index (χ1) is 11.2. The summed E-state index contributed by atoms with van der Waals surface area (Å²) < 4.78 is 4.99. The van der Waals surface area contributed by atoms with Crippen molar-refractivity contribution >= 4 is 34.1 Å². The molecular formula is C20H22O2S. The Kier molecular flexibility index (Phi) is 6.48. The first-order valence-corrected chi connectivity index (χ1v) is 8.81. The van der Waals surface area contributed by atoms with E-state index in [-0.39, 0.29) is 5.97 Å². The molecule has 0 aliphatic heterocycles. The van der Waals surface area contributed by atoms with E-state index in [4.69, 9.17) is 4.74 Å². The van der Waals surface area contributed by atoms with Gasteiger partial charge in [-0.2, -0.15) is 0 Å². The molecule has 0 bridgehead atoms. The quantitative estimate of drug-likeness (QED) is 0.500. The lowest BCUT2D eigenvalue weighted by molar-refractivity contribution is -0.139. The minimum absolute atomic E-state index is 0.201. The second kappa shape index (κ2) is 8.59. The van der Waals surface area contributed by atoms with Crippen LogP contribution >= 0.6 is 11.8 Å². The number of ether oxygens (including phenoxy) is 1. The van der Waals surface area contributed by atoms with E-state index in [2.05, 4.69) is 49.9 Å². The Balaban J connectivity index is 2.29. The van der Waals surface area contributed by atoms with E-state index in [9.17, 15) is 4.79 Å². The summed E-state index contributed by atoms with van der Waals surface area (Å²) in [7, 11) is 0. The van der Waals surface area contributed by atoms with E-state index < -0.39 is 0 Å². The normalized spacial score (nSPS) is 11.5. The molecule has 0 aliphatic rings. The Morgan fingerprint density at radius 1 is 1.17 bits per heavy atom. The van der Waals surface area contributed by atoms with Crippen LogP contribution in [0.4, 0.5) is 0 Å². The van der Waals surface area contributed by atoms with Crippen LogP contribution < -0.4 is 0 Å². The third kappa shape index (κ3) is 4.49. The molecule has 120 valence electrons. The smallest absolute Gasteiger partial charge is 0.316 e. The maximum atomic E-state index is 11.6. The van der Waals surface area contributed by atoms with E-state index in [1.807, 2.05) is 19.1 Å². The van der Waals surface area contributed by atoms with Crippen LogP contribution in [0.3, 0.4) is 0 Å². The average molecular weight is 326 g/mol. The number of carbonyl (C=O) groups is 1. The van der Waals surface area contributed by atoms with Crippen molar-refractivity contribution in [2.75, 3.05) is 12.4 Å². The molecule has 0 aliphatic carbocycles. The number of thioether (sulfide) groups is 1. The van der Waals surface area contributed by atoms with E-state index in [1.165, 1.54) is 22.5 Å². The number of hydrogen-bond acceptors (Lipinski definition) is 3. The standard InChI is InChI=1S/C20H22O2S/c1-4-9-17(15(3)23-14-20(21)22-5-2)19-13-8-11-16-10-6-7-12-18(16)19/h6-13H,3-5,14H2,1-2H3. The molecule has 0 aromatic heterocycles. The second-order valence-corrected chi connectivity index (χ2v) is 6.14. The number of carbonyl (C=O) groups excluding carboxylic acids is 1. The molecule has 0 atom stereocenters. The number of allylic oxidation sites excluding steroid dienone is 2. The number of benzene rings is 2. The fourth-order valence-corrected chi connectivity index (χ4v) is 3.19. The fraction of sp³-hybridized carbons (Fsp3) is 0.250. The lowest BCUT2D eigenvalue weighted by Gasteiger charge is -2.13. The van der Waals surface area contributed by atoms with Gasteiger partial charge in [0.15, 0.2) is 0 Å². The zero-order chi connectivity index (χ0) is 16.7. The van der Waals surface area contributed by atoms with Crippen molar-refractivity contribution in [1.82, 2.24) is 0 Å². The van der Waals surface area contributed by atoms with Crippen molar-refractivity contribution in [2.24, 2.45) is 0 Å². The molecule has 0 saturated carbocycles. The molecule has 2 nitrogen and oxygen atoms in total. The molecule has 2 aromatic carbocycles. The average Bonchev–Trinajstić information content (AvgIpc) is 2.57. The van der Waals surface area contributed by atoms with Crippen LogP contribution in [0.15, 0.2) is 60.0 Å². The molecule has 2 rings (SSSR count). The van der Waals surface area contributed by atoms with Gasteiger partial charge >= 0.3 is 5.97 Å². The summed E-state index contributed by atoms with van der Waals surface area (Å²) in [6.07, 6.45) is 3.08. The van der Waals surface area contributed by atoms with Crippen LogP contribution in [-0.2, 0) is 9.53 Å². The van der Waals surface area contributed by atoms with Crippen molar-refractivity contribution in [3.63, 3.8) is 0 Å². The van der Waals surface area contributed by atoms with E-state index in [1.54, 1.807) is 0 Å². The molecule has 0 heterocycles. The van der Waals surface area contributed by atoms with Gasteiger partial charge in [-0.25, -0.2) is 0 Å². The summed E-state index contributed by atoms with van der Waals surface area (Å²) in [6, 6.07) is 14.6. The Bertz CT molecular complexity index is 726. The SMILES string of the molecule is C=C(SCC(=O)OCC)C(=CCC)c1cccc2ccccc12.